The molecule has 1 aliphatic rings. The molecule has 0 aliphatic carbocycles. The Morgan fingerprint density at radius 2 is 2.04 bits per heavy atom. The number of amides is 1. The van der Waals surface area contributed by atoms with Crippen LogP contribution >= 0.6 is 0 Å². The summed E-state index contributed by atoms with van der Waals surface area (Å²) >= 11 is 0. The molecule has 1 amide bonds. The number of hydrogen-bond acceptors (Lipinski definition) is 4. The lowest BCUT2D eigenvalue weighted by Crippen LogP contribution is -2.48. The Hall–Kier alpha value is -2.37. The summed E-state index contributed by atoms with van der Waals surface area (Å²) in [7, 11) is 3.34. The molecule has 0 aromatic heterocycles. The molecular weight excluding hydrogens is 354 g/mol. The van der Waals surface area contributed by atoms with Crippen molar-refractivity contribution in [1.82, 2.24) is 5.32 Å². The van der Waals surface area contributed by atoms with Crippen molar-refractivity contribution in [3.8, 4) is 16.9 Å². The zero-order valence-corrected chi connectivity index (χ0v) is 16.7. The number of methoxy groups -OCH3 is 2. The molecule has 5 nitrogen and oxygen atoms in total. The zero-order valence-electron chi connectivity index (χ0n) is 16.7. The molecule has 0 bridgehead atoms. The number of carbonyl (C=O) groups excluding carboxylic acids is 1. The van der Waals surface area contributed by atoms with E-state index in [0.717, 1.165) is 41.7 Å². The SMILES string of the molecule is COCCCNC(=O)C1(Cc2cccc(-c3ccccc3OC)c2)CCCO1. The van der Waals surface area contributed by atoms with Crippen LogP contribution in [0.3, 0.4) is 0 Å². The lowest BCUT2D eigenvalue weighted by Gasteiger charge is -2.27. The van der Waals surface area contributed by atoms with E-state index in [1.807, 2.05) is 30.3 Å². The van der Waals surface area contributed by atoms with Crippen molar-refractivity contribution in [2.45, 2.75) is 31.3 Å². The number of ether oxygens (including phenoxy) is 3. The highest BCUT2D eigenvalue weighted by Gasteiger charge is 2.42. The van der Waals surface area contributed by atoms with Crippen molar-refractivity contribution >= 4 is 5.91 Å². The largest absolute Gasteiger partial charge is 0.496 e. The molecule has 28 heavy (non-hydrogen) atoms. The van der Waals surface area contributed by atoms with Crippen LogP contribution in [0.15, 0.2) is 48.5 Å². The van der Waals surface area contributed by atoms with Gasteiger partial charge in [0, 0.05) is 38.9 Å². The maximum atomic E-state index is 12.9. The highest BCUT2D eigenvalue weighted by Crippen LogP contribution is 2.33. The van der Waals surface area contributed by atoms with E-state index in [1.165, 1.54) is 0 Å². The van der Waals surface area contributed by atoms with E-state index in [4.69, 9.17) is 14.2 Å². The van der Waals surface area contributed by atoms with Gasteiger partial charge in [0.2, 0.25) is 0 Å². The fourth-order valence-corrected chi connectivity index (χ4v) is 3.74. The summed E-state index contributed by atoms with van der Waals surface area (Å²) < 4.78 is 16.5. The average Bonchev–Trinajstić information content (AvgIpc) is 3.21. The Labute approximate surface area is 167 Å². The van der Waals surface area contributed by atoms with E-state index in [0.29, 0.717) is 26.2 Å². The van der Waals surface area contributed by atoms with Gasteiger partial charge in [-0.05, 0) is 36.5 Å². The normalized spacial score (nSPS) is 18.8. The van der Waals surface area contributed by atoms with Crippen LogP contribution in [0.5, 0.6) is 5.75 Å². The molecule has 5 heteroatoms. The molecule has 1 heterocycles. The minimum absolute atomic E-state index is 0.0243. The first-order valence-corrected chi connectivity index (χ1v) is 9.82. The van der Waals surface area contributed by atoms with Crippen LogP contribution in [0, 0.1) is 0 Å². The molecule has 3 rings (SSSR count). The maximum Gasteiger partial charge on any atom is 0.252 e. The van der Waals surface area contributed by atoms with E-state index in [9.17, 15) is 4.79 Å². The standard InChI is InChI=1S/C23H29NO4/c1-26-14-7-13-24-22(25)23(12-6-15-28-23)17-18-8-5-9-19(16-18)20-10-3-4-11-21(20)27-2/h3-5,8-11,16H,6-7,12-15,17H2,1-2H3,(H,24,25). The summed E-state index contributed by atoms with van der Waals surface area (Å²) in [5, 5.41) is 3.02. The molecule has 0 spiro atoms. The minimum atomic E-state index is -0.785. The quantitative estimate of drug-likeness (QED) is 0.672. The monoisotopic (exact) mass is 383 g/mol. The lowest BCUT2D eigenvalue weighted by atomic mass is 9.89. The average molecular weight is 383 g/mol. The fourth-order valence-electron chi connectivity index (χ4n) is 3.74. The third kappa shape index (κ3) is 4.72. The van der Waals surface area contributed by atoms with Crippen LogP contribution in [0.1, 0.15) is 24.8 Å². The molecule has 1 aliphatic heterocycles. The summed E-state index contributed by atoms with van der Waals surface area (Å²) in [6.45, 7) is 1.85. The van der Waals surface area contributed by atoms with Gasteiger partial charge in [-0.3, -0.25) is 4.79 Å². The number of hydrogen-bond donors (Lipinski definition) is 1. The first-order chi connectivity index (χ1) is 13.7. The smallest absolute Gasteiger partial charge is 0.252 e. The van der Waals surface area contributed by atoms with Gasteiger partial charge < -0.3 is 19.5 Å². The van der Waals surface area contributed by atoms with E-state index >= 15 is 0 Å². The number of benzene rings is 2. The predicted molar refractivity (Wildman–Crippen MR) is 110 cm³/mol. The Morgan fingerprint density at radius 1 is 1.18 bits per heavy atom. The Morgan fingerprint density at radius 3 is 2.79 bits per heavy atom. The second kappa shape index (κ2) is 9.71. The van der Waals surface area contributed by atoms with Crippen LogP contribution in [-0.4, -0.2) is 45.5 Å². The lowest BCUT2D eigenvalue weighted by molar-refractivity contribution is -0.141. The Balaban J connectivity index is 1.78. The minimum Gasteiger partial charge on any atom is -0.496 e. The van der Waals surface area contributed by atoms with E-state index in [1.54, 1.807) is 14.2 Å². The van der Waals surface area contributed by atoms with Crippen LogP contribution in [0.4, 0.5) is 0 Å². The van der Waals surface area contributed by atoms with Gasteiger partial charge >= 0.3 is 0 Å². The third-order valence-corrected chi connectivity index (χ3v) is 5.16. The van der Waals surface area contributed by atoms with Gasteiger partial charge in [-0.15, -0.1) is 0 Å². The topological polar surface area (TPSA) is 56.8 Å². The first kappa shape index (κ1) is 20.4. The number of rotatable bonds is 9. The third-order valence-electron chi connectivity index (χ3n) is 5.16. The molecule has 1 unspecified atom stereocenters. The van der Waals surface area contributed by atoms with E-state index in [2.05, 4.69) is 23.5 Å². The molecule has 1 atom stereocenters. The van der Waals surface area contributed by atoms with Gasteiger partial charge in [-0.1, -0.05) is 42.5 Å². The molecular formula is C23H29NO4. The molecule has 2 aromatic carbocycles. The fraction of sp³-hybridized carbons (Fsp3) is 0.435. The highest BCUT2D eigenvalue weighted by atomic mass is 16.5. The molecule has 0 radical (unpaired) electrons. The summed E-state index contributed by atoms with van der Waals surface area (Å²) in [6.07, 6.45) is 2.99. The number of carbonyl (C=O) groups is 1. The molecule has 0 saturated carbocycles. The second-order valence-electron chi connectivity index (χ2n) is 7.13. The van der Waals surface area contributed by atoms with Gasteiger partial charge in [-0.25, -0.2) is 0 Å². The molecule has 1 saturated heterocycles. The zero-order chi connectivity index (χ0) is 19.8. The Bertz CT molecular complexity index is 784. The predicted octanol–water partition coefficient (Wildman–Crippen LogP) is 3.61. The van der Waals surface area contributed by atoms with Gasteiger partial charge in [0.1, 0.15) is 5.75 Å². The van der Waals surface area contributed by atoms with E-state index < -0.39 is 5.60 Å². The maximum absolute atomic E-state index is 12.9. The molecule has 2 aromatic rings. The number of nitrogens with one attached hydrogen (secondary N) is 1. The van der Waals surface area contributed by atoms with Crippen LogP contribution < -0.4 is 10.1 Å². The van der Waals surface area contributed by atoms with Crippen molar-refractivity contribution in [3.05, 3.63) is 54.1 Å². The van der Waals surface area contributed by atoms with Crippen molar-refractivity contribution in [3.63, 3.8) is 0 Å². The van der Waals surface area contributed by atoms with E-state index in [-0.39, 0.29) is 5.91 Å². The van der Waals surface area contributed by atoms with Crippen molar-refractivity contribution < 1.29 is 19.0 Å². The summed E-state index contributed by atoms with van der Waals surface area (Å²) in [6, 6.07) is 16.2. The van der Waals surface area contributed by atoms with Gasteiger partial charge in [0.05, 0.1) is 7.11 Å². The van der Waals surface area contributed by atoms with Crippen molar-refractivity contribution in [2.75, 3.05) is 34.0 Å². The molecule has 1 fully saturated rings. The van der Waals surface area contributed by atoms with Crippen LogP contribution in [-0.2, 0) is 20.7 Å². The number of para-hydroxylation sites is 1. The van der Waals surface area contributed by atoms with Gasteiger partial charge in [0.15, 0.2) is 5.60 Å². The summed E-state index contributed by atoms with van der Waals surface area (Å²) in [5.41, 5.74) is 2.41. The second-order valence-corrected chi connectivity index (χ2v) is 7.13. The molecule has 150 valence electrons. The van der Waals surface area contributed by atoms with Crippen molar-refractivity contribution in [2.24, 2.45) is 0 Å². The van der Waals surface area contributed by atoms with Gasteiger partial charge in [0.25, 0.3) is 5.91 Å². The van der Waals surface area contributed by atoms with Gasteiger partial charge in [-0.2, -0.15) is 0 Å². The van der Waals surface area contributed by atoms with Crippen molar-refractivity contribution in [1.29, 1.82) is 0 Å². The first-order valence-electron chi connectivity index (χ1n) is 9.82. The molecule has 1 N–H and O–H groups in total. The highest BCUT2D eigenvalue weighted by molar-refractivity contribution is 5.86. The van der Waals surface area contributed by atoms with Crippen LogP contribution in [0.25, 0.3) is 11.1 Å². The van der Waals surface area contributed by atoms with Crippen LogP contribution in [0.2, 0.25) is 0 Å². The summed E-state index contributed by atoms with van der Waals surface area (Å²) in [5.74, 6) is 0.811. The Kier molecular flexibility index (Phi) is 7.06. The summed E-state index contributed by atoms with van der Waals surface area (Å²) in [4.78, 5) is 12.9.